The van der Waals surface area contributed by atoms with Gasteiger partial charge in [-0.2, -0.15) is 0 Å². The van der Waals surface area contributed by atoms with Gasteiger partial charge in [-0.3, -0.25) is 9.79 Å². The molecular formula is C15H16Cl2N2O3. The number of aliphatic carboxylic acids is 1. The van der Waals surface area contributed by atoms with Crippen LogP contribution < -0.4 is 0 Å². The number of allylic oxidation sites excluding steroid dienone is 1. The second kappa shape index (κ2) is 8.56. The Labute approximate surface area is 138 Å². The standard InChI is InChI=1S/C15H16Cl2N2O3/c1-9(18-2)11(15(22-3)19-8-13(20)21)7-10-5-4-6-12(16)14(10)17/h4-6H,2,7-8H2,1,3H3,(H,20,21)/b11-9-,19-15?. The summed E-state index contributed by atoms with van der Waals surface area (Å²) in [4.78, 5) is 18.5. The molecule has 1 N–H and O–H groups in total. The van der Waals surface area contributed by atoms with Gasteiger partial charge in [0.25, 0.3) is 0 Å². The van der Waals surface area contributed by atoms with Crippen LogP contribution >= 0.6 is 23.2 Å². The van der Waals surface area contributed by atoms with E-state index < -0.39 is 12.5 Å². The van der Waals surface area contributed by atoms with Crippen LogP contribution in [0, 0.1) is 0 Å². The first-order valence-electron chi connectivity index (χ1n) is 6.30. The zero-order valence-corrected chi connectivity index (χ0v) is 13.8. The molecular weight excluding hydrogens is 327 g/mol. The number of benzene rings is 1. The van der Waals surface area contributed by atoms with Crippen molar-refractivity contribution in [1.82, 2.24) is 0 Å². The molecule has 1 aromatic rings. The fourth-order valence-electron chi connectivity index (χ4n) is 1.75. The number of hydrogen-bond donors (Lipinski definition) is 1. The zero-order chi connectivity index (χ0) is 16.7. The number of hydrogen-bond acceptors (Lipinski definition) is 4. The van der Waals surface area contributed by atoms with E-state index in [2.05, 4.69) is 16.7 Å². The van der Waals surface area contributed by atoms with Gasteiger partial charge in [-0.15, -0.1) is 0 Å². The van der Waals surface area contributed by atoms with Crippen molar-refractivity contribution in [2.45, 2.75) is 13.3 Å². The number of ether oxygens (including phenoxy) is 1. The number of rotatable bonds is 6. The Balaban J connectivity index is 3.25. The van der Waals surface area contributed by atoms with Gasteiger partial charge in [0.2, 0.25) is 5.90 Å². The Morgan fingerprint density at radius 1 is 1.41 bits per heavy atom. The van der Waals surface area contributed by atoms with Crippen molar-refractivity contribution in [3.8, 4) is 0 Å². The Bertz CT molecular complexity index is 640. The van der Waals surface area contributed by atoms with Crippen LogP contribution in [-0.4, -0.2) is 37.3 Å². The molecule has 1 rings (SSSR count). The molecule has 0 bridgehead atoms. The molecule has 0 aromatic heterocycles. The van der Waals surface area contributed by atoms with Gasteiger partial charge in [-0.1, -0.05) is 35.3 Å². The maximum atomic E-state index is 10.7. The third kappa shape index (κ3) is 4.86. The van der Waals surface area contributed by atoms with Gasteiger partial charge < -0.3 is 9.84 Å². The minimum atomic E-state index is -1.06. The smallest absolute Gasteiger partial charge is 0.325 e. The molecule has 0 saturated heterocycles. The molecule has 7 heteroatoms. The average Bonchev–Trinajstić information content (AvgIpc) is 2.49. The Kier molecular flexibility index (Phi) is 7.08. The lowest BCUT2D eigenvalue weighted by molar-refractivity contribution is -0.135. The van der Waals surface area contributed by atoms with E-state index in [1.807, 2.05) is 6.07 Å². The highest BCUT2D eigenvalue weighted by Gasteiger charge is 2.15. The van der Waals surface area contributed by atoms with Gasteiger partial charge in [0.1, 0.15) is 6.54 Å². The van der Waals surface area contributed by atoms with Crippen molar-refractivity contribution >= 4 is 41.8 Å². The molecule has 0 heterocycles. The van der Waals surface area contributed by atoms with Gasteiger partial charge in [0, 0.05) is 17.7 Å². The average molecular weight is 343 g/mol. The SMILES string of the molecule is C=N/C(C)=C(/Cc1cccc(Cl)c1Cl)C(=NCC(=O)O)OC. The minimum absolute atomic E-state index is 0.184. The number of aliphatic imine (C=N–C) groups is 2. The van der Waals surface area contributed by atoms with Crippen LogP contribution in [0.25, 0.3) is 0 Å². The molecule has 0 aliphatic heterocycles. The quantitative estimate of drug-likeness (QED) is 0.633. The summed E-state index contributed by atoms with van der Waals surface area (Å²) in [6.07, 6.45) is 0.344. The van der Waals surface area contributed by atoms with Crippen molar-refractivity contribution in [3.05, 3.63) is 45.1 Å². The molecule has 118 valence electrons. The summed E-state index contributed by atoms with van der Waals surface area (Å²) in [5.74, 6) is -0.873. The van der Waals surface area contributed by atoms with Gasteiger partial charge in [0.15, 0.2) is 0 Å². The zero-order valence-electron chi connectivity index (χ0n) is 12.3. The summed E-state index contributed by atoms with van der Waals surface area (Å²) in [5.41, 5.74) is 1.93. The molecule has 0 radical (unpaired) electrons. The fourth-order valence-corrected chi connectivity index (χ4v) is 2.14. The van der Waals surface area contributed by atoms with Crippen molar-refractivity contribution in [3.63, 3.8) is 0 Å². The Morgan fingerprint density at radius 3 is 2.64 bits per heavy atom. The third-order valence-corrected chi connectivity index (χ3v) is 3.74. The maximum absolute atomic E-state index is 10.7. The molecule has 0 saturated carbocycles. The summed E-state index contributed by atoms with van der Waals surface area (Å²) < 4.78 is 5.19. The second-order valence-corrected chi connectivity index (χ2v) is 5.12. The molecule has 0 spiro atoms. The lowest BCUT2D eigenvalue weighted by atomic mass is 10.0. The number of nitrogens with zero attached hydrogens (tertiary/aromatic N) is 2. The van der Waals surface area contributed by atoms with Crippen LogP contribution in [0.1, 0.15) is 12.5 Å². The van der Waals surface area contributed by atoms with Gasteiger partial charge in [0.05, 0.1) is 17.2 Å². The highest BCUT2D eigenvalue weighted by Crippen LogP contribution is 2.28. The lowest BCUT2D eigenvalue weighted by Gasteiger charge is -2.13. The second-order valence-electron chi connectivity index (χ2n) is 4.33. The fraction of sp³-hybridized carbons (Fsp3) is 0.267. The van der Waals surface area contributed by atoms with Gasteiger partial charge >= 0.3 is 5.97 Å². The summed E-state index contributed by atoms with van der Waals surface area (Å²) >= 11 is 12.2. The third-order valence-electron chi connectivity index (χ3n) is 2.88. The Morgan fingerprint density at radius 2 is 2.09 bits per heavy atom. The number of carboxylic acids is 1. The minimum Gasteiger partial charge on any atom is -0.481 e. The molecule has 1 aromatic carbocycles. The number of carboxylic acid groups (broad SMARTS) is 1. The summed E-state index contributed by atoms with van der Waals surface area (Å²) in [6, 6.07) is 5.28. The van der Waals surface area contributed by atoms with Gasteiger partial charge in [-0.25, -0.2) is 4.99 Å². The predicted molar refractivity (Wildman–Crippen MR) is 89.4 cm³/mol. The molecule has 0 aliphatic carbocycles. The highest BCUT2D eigenvalue weighted by molar-refractivity contribution is 6.42. The molecule has 0 amide bonds. The van der Waals surface area contributed by atoms with E-state index in [0.29, 0.717) is 27.7 Å². The number of methoxy groups -OCH3 is 1. The topological polar surface area (TPSA) is 71.2 Å². The van der Waals surface area contributed by atoms with Crippen molar-refractivity contribution < 1.29 is 14.6 Å². The van der Waals surface area contributed by atoms with E-state index in [4.69, 9.17) is 33.0 Å². The van der Waals surface area contributed by atoms with E-state index in [9.17, 15) is 4.79 Å². The van der Waals surface area contributed by atoms with Crippen LogP contribution in [0.5, 0.6) is 0 Å². The van der Waals surface area contributed by atoms with Gasteiger partial charge in [-0.05, 0) is 25.3 Å². The monoisotopic (exact) mass is 342 g/mol. The number of halogens is 2. The van der Waals surface area contributed by atoms with E-state index >= 15 is 0 Å². The van der Waals surface area contributed by atoms with Crippen molar-refractivity contribution in [2.75, 3.05) is 13.7 Å². The lowest BCUT2D eigenvalue weighted by Crippen LogP contribution is -2.13. The van der Waals surface area contributed by atoms with Crippen LogP contribution in [0.2, 0.25) is 10.0 Å². The summed E-state index contributed by atoms with van der Waals surface area (Å²) in [6.45, 7) is 4.81. The molecule has 5 nitrogen and oxygen atoms in total. The van der Waals surface area contributed by atoms with Crippen LogP contribution in [-0.2, 0) is 16.0 Å². The normalized spacial score (nSPS) is 12.6. The van der Waals surface area contributed by atoms with E-state index in [0.717, 1.165) is 5.56 Å². The predicted octanol–water partition coefficient (Wildman–Crippen LogP) is 3.64. The largest absolute Gasteiger partial charge is 0.481 e. The molecule has 0 fully saturated rings. The Hall–Kier alpha value is -1.85. The maximum Gasteiger partial charge on any atom is 0.325 e. The molecule has 22 heavy (non-hydrogen) atoms. The molecule has 0 atom stereocenters. The first-order chi connectivity index (χ1) is 10.4. The van der Waals surface area contributed by atoms with Crippen molar-refractivity contribution in [2.24, 2.45) is 9.98 Å². The molecule has 0 aliphatic rings. The molecule has 0 unspecified atom stereocenters. The van der Waals surface area contributed by atoms with E-state index in [1.54, 1.807) is 19.1 Å². The summed E-state index contributed by atoms with van der Waals surface area (Å²) in [5, 5.41) is 9.61. The first kappa shape index (κ1) is 18.2. The highest BCUT2D eigenvalue weighted by atomic mass is 35.5. The van der Waals surface area contributed by atoms with Crippen molar-refractivity contribution in [1.29, 1.82) is 0 Å². The van der Waals surface area contributed by atoms with Crippen LogP contribution in [0.4, 0.5) is 0 Å². The van der Waals surface area contributed by atoms with Crippen LogP contribution in [0.3, 0.4) is 0 Å². The number of carbonyl (C=O) groups is 1. The van der Waals surface area contributed by atoms with E-state index in [1.165, 1.54) is 7.11 Å². The first-order valence-corrected chi connectivity index (χ1v) is 7.06. The van der Waals surface area contributed by atoms with E-state index in [-0.39, 0.29) is 5.90 Å². The van der Waals surface area contributed by atoms with Crippen LogP contribution in [0.15, 0.2) is 39.5 Å². The summed E-state index contributed by atoms with van der Waals surface area (Å²) in [7, 11) is 1.41.